The zero-order chi connectivity index (χ0) is 15.5. The van der Waals surface area contributed by atoms with E-state index in [9.17, 15) is 13.2 Å². The van der Waals surface area contributed by atoms with E-state index in [-0.39, 0.29) is 12.1 Å². The van der Waals surface area contributed by atoms with Crippen molar-refractivity contribution in [3.05, 3.63) is 35.4 Å². The van der Waals surface area contributed by atoms with E-state index >= 15 is 0 Å². The molecule has 5 heteroatoms. The molecule has 0 heterocycles. The van der Waals surface area contributed by atoms with Crippen LogP contribution in [0.15, 0.2) is 24.3 Å². The fraction of sp³-hybridized carbons (Fsp3) is 0.625. The van der Waals surface area contributed by atoms with E-state index < -0.39 is 11.7 Å². The van der Waals surface area contributed by atoms with Crippen LogP contribution < -0.4 is 5.32 Å². The van der Waals surface area contributed by atoms with Gasteiger partial charge in [0.2, 0.25) is 0 Å². The molecule has 1 saturated carbocycles. The van der Waals surface area contributed by atoms with Crippen LogP contribution in [0, 0.1) is 5.92 Å². The van der Waals surface area contributed by atoms with Crippen molar-refractivity contribution in [2.24, 2.45) is 5.92 Å². The molecular formula is C16H22F3NO. The third-order valence-electron chi connectivity index (χ3n) is 3.92. The van der Waals surface area contributed by atoms with Crippen molar-refractivity contribution >= 4 is 0 Å². The molecule has 1 aromatic rings. The van der Waals surface area contributed by atoms with E-state index in [0.29, 0.717) is 24.5 Å². The molecular weight excluding hydrogens is 279 g/mol. The first-order chi connectivity index (χ1) is 9.95. The van der Waals surface area contributed by atoms with E-state index in [4.69, 9.17) is 4.74 Å². The first kappa shape index (κ1) is 16.3. The van der Waals surface area contributed by atoms with Crippen LogP contribution >= 0.6 is 0 Å². The van der Waals surface area contributed by atoms with Crippen molar-refractivity contribution in [2.45, 2.75) is 44.5 Å². The summed E-state index contributed by atoms with van der Waals surface area (Å²) in [6.45, 7) is 2.58. The zero-order valence-electron chi connectivity index (χ0n) is 12.4. The fourth-order valence-corrected chi connectivity index (χ4v) is 2.71. The molecule has 1 aliphatic carbocycles. The second kappa shape index (κ2) is 6.79. The molecule has 118 valence electrons. The minimum absolute atomic E-state index is 0.0425. The predicted octanol–water partition coefficient (Wildman–Crippen LogP) is 3.65. The first-order valence-corrected chi connectivity index (χ1v) is 7.40. The molecule has 2 atom stereocenters. The standard InChI is InChI=1S/C16H22F3NO/c1-3-21-15(12-7-8-12)14(20-2)10-11-5-4-6-13(9-11)16(17,18)19/h4-6,9,12,14-15,20H,3,7-8,10H2,1-2H3. The molecule has 2 nitrogen and oxygen atoms in total. The summed E-state index contributed by atoms with van der Waals surface area (Å²) in [5, 5.41) is 3.21. The van der Waals surface area contributed by atoms with Crippen LogP contribution in [-0.2, 0) is 17.3 Å². The molecule has 1 aliphatic rings. The highest BCUT2D eigenvalue weighted by Gasteiger charge is 2.37. The number of ether oxygens (including phenoxy) is 1. The molecule has 1 N–H and O–H groups in total. The van der Waals surface area contributed by atoms with Crippen molar-refractivity contribution in [1.82, 2.24) is 5.32 Å². The highest BCUT2D eigenvalue weighted by molar-refractivity contribution is 5.26. The van der Waals surface area contributed by atoms with Gasteiger partial charge in [0.15, 0.2) is 0 Å². The monoisotopic (exact) mass is 301 g/mol. The molecule has 0 aliphatic heterocycles. The Hall–Kier alpha value is -1.07. The number of nitrogens with one attached hydrogen (secondary N) is 1. The Morgan fingerprint density at radius 2 is 2.05 bits per heavy atom. The highest BCUT2D eigenvalue weighted by atomic mass is 19.4. The van der Waals surface area contributed by atoms with Crippen molar-refractivity contribution in [3.63, 3.8) is 0 Å². The van der Waals surface area contributed by atoms with E-state index in [1.165, 1.54) is 12.1 Å². The summed E-state index contributed by atoms with van der Waals surface area (Å²) in [4.78, 5) is 0. The Balaban J connectivity index is 2.10. The lowest BCUT2D eigenvalue weighted by Gasteiger charge is -2.27. The number of hydrogen-bond acceptors (Lipinski definition) is 2. The summed E-state index contributed by atoms with van der Waals surface area (Å²) in [6.07, 6.45) is -1.38. The third-order valence-corrected chi connectivity index (χ3v) is 3.92. The molecule has 2 unspecified atom stereocenters. The lowest BCUT2D eigenvalue weighted by molar-refractivity contribution is -0.137. The Bertz CT molecular complexity index is 457. The SMILES string of the molecule is CCOC(C1CC1)C(Cc1cccc(C(F)(F)F)c1)NC. The quantitative estimate of drug-likeness (QED) is 0.830. The molecule has 0 aromatic heterocycles. The average Bonchev–Trinajstić information content (AvgIpc) is 3.26. The van der Waals surface area contributed by atoms with Crippen LogP contribution in [0.5, 0.6) is 0 Å². The average molecular weight is 301 g/mol. The van der Waals surface area contributed by atoms with Gasteiger partial charge in [0, 0.05) is 12.6 Å². The lowest BCUT2D eigenvalue weighted by atomic mass is 9.97. The van der Waals surface area contributed by atoms with Crippen molar-refractivity contribution < 1.29 is 17.9 Å². The number of hydrogen-bond donors (Lipinski definition) is 1. The summed E-state index contributed by atoms with van der Waals surface area (Å²) in [7, 11) is 1.84. The minimum atomic E-state index is -4.29. The van der Waals surface area contributed by atoms with Crippen LogP contribution in [0.4, 0.5) is 13.2 Å². The highest BCUT2D eigenvalue weighted by Crippen LogP contribution is 2.37. The zero-order valence-corrected chi connectivity index (χ0v) is 12.4. The minimum Gasteiger partial charge on any atom is -0.377 e. The number of likely N-dealkylation sites (N-methyl/N-ethyl adjacent to an activating group) is 1. The Morgan fingerprint density at radius 1 is 1.33 bits per heavy atom. The number of alkyl halides is 3. The maximum atomic E-state index is 12.8. The summed E-state index contributed by atoms with van der Waals surface area (Å²) in [5.74, 6) is 0.535. The van der Waals surface area contributed by atoms with E-state index in [0.717, 1.165) is 18.9 Å². The smallest absolute Gasteiger partial charge is 0.377 e. The first-order valence-electron chi connectivity index (χ1n) is 7.40. The molecule has 0 spiro atoms. The fourth-order valence-electron chi connectivity index (χ4n) is 2.71. The van der Waals surface area contributed by atoms with Gasteiger partial charge in [-0.15, -0.1) is 0 Å². The third kappa shape index (κ3) is 4.45. The number of rotatable bonds is 7. The second-order valence-corrected chi connectivity index (χ2v) is 5.55. The van der Waals surface area contributed by atoms with Gasteiger partial charge in [-0.1, -0.05) is 18.2 Å². The van der Waals surface area contributed by atoms with Crippen LogP contribution in [0.3, 0.4) is 0 Å². The lowest BCUT2D eigenvalue weighted by Crippen LogP contribution is -2.42. The summed E-state index contributed by atoms with van der Waals surface area (Å²) >= 11 is 0. The van der Waals surface area contributed by atoms with Crippen LogP contribution in [0.1, 0.15) is 30.9 Å². The number of halogens is 3. The van der Waals surface area contributed by atoms with Crippen molar-refractivity contribution in [2.75, 3.05) is 13.7 Å². The second-order valence-electron chi connectivity index (χ2n) is 5.55. The Labute approximate surface area is 123 Å². The topological polar surface area (TPSA) is 21.3 Å². The normalized spacial score (nSPS) is 18.5. The van der Waals surface area contributed by atoms with Crippen LogP contribution in [0.25, 0.3) is 0 Å². The molecule has 21 heavy (non-hydrogen) atoms. The molecule has 2 rings (SSSR count). The summed E-state index contributed by atoms with van der Waals surface area (Å²) in [6, 6.07) is 5.60. The van der Waals surface area contributed by atoms with Gasteiger partial charge in [0.05, 0.1) is 11.7 Å². The molecule has 1 aromatic carbocycles. The van der Waals surface area contributed by atoms with E-state index in [2.05, 4.69) is 5.32 Å². The van der Waals surface area contributed by atoms with Gasteiger partial charge in [-0.05, 0) is 50.8 Å². The maximum absolute atomic E-state index is 12.8. The van der Waals surface area contributed by atoms with Gasteiger partial charge in [0.1, 0.15) is 0 Å². The van der Waals surface area contributed by atoms with Crippen LogP contribution in [-0.4, -0.2) is 25.8 Å². The van der Waals surface area contributed by atoms with Gasteiger partial charge >= 0.3 is 6.18 Å². The Kier molecular flexibility index (Phi) is 5.27. The molecule has 0 bridgehead atoms. The maximum Gasteiger partial charge on any atom is 0.416 e. The summed E-state index contributed by atoms with van der Waals surface area (Å²) in [5.41, 5.74) is 0.101. The van der Waals surface area contributed by atoms with E-state index in [1.807, 2.05) is 14.0 Å². The largest absolute Gasteiger partial charge is 0.416 e. The van der Waals surface area contributed by atoms with Crippen molar-refractivity contribution in [3.8, 4) is 0 Å². The molecule has 1 fully saturated rings. The van der Waals surface area contributed by atoms with Gasteiger partial charge in [0.25, 0.3) is 0 Å². The van der Waals surface area contributed by atoms with Gasteiger partial charge in [-0.2, -0.15) is 13.2 Å². The van der Waals surface area contributed by atoms with Gasteiger partial charge in [-0.3, -0.25) is 0 Å². The van der Waals surface area contributed by atoms with E-state index in [1.54, 1.807) is 6.07 Å². The van der Waals surface area contributed by atoms with Gasteiger partial charge < -0.3 is 10.1 Å². The van der Waals surface area contributed by atoms with Crippen molar-refractivity contribution in [1.29, 1.82) is 0 Å². The predicted molar refractivity (Wildman–Crippen MR) is 76.1 cm³/mol. The molecule has 0 saturated heterocycles. The van der Waals surface area contributed by atoms with Crippen LogP contribution in [0.2, 0.25) is 0 Å². The Morgan fingerprint density at radius 3 is 2.57 bits per heavy atom. The van der Waals surface area contributed by atoms with Gasteiger partial charge in [-0.25, -0.2) is 0 Å². The molecule has 0 radical (unpaired) electrons. The number of benzene rings is 1. The summed E-state index contributed by atoms with van der Waals surface area (Å²) < 4.78 is 44.1. The molecule has 0 amide bonds.